The van der Waals surface area contributed by atoms with Gasteiger partial charge in [0.15, 0.2) is 6.10 Å². The third-order valence-electron chi connectivity index (χ3n) is 7.74. The summed E-state index contributed by atoms with van der Waals surface area (Å²) in [5.74, 6) is -1.74. The minimum atomic E-state index is -1.12. The lowest BCUT2D eigenvalue weighted by molar-refractivity contribution is -0.889. The van der Waals surface area contributed by atoms with E-state index in [1.165, 1.54) is 77.0 Å². The number of nitrogens with zero attached hydrogens (tertiary/aromatic N) is 1. The highest BCUT2D eigenvalue weighted by molar-refractivity contribution is 5.70. The number of hydrogen-bond acceptors (Lipinski definition) is 7. The van der Waals surface area contributed by atoms with Crippen LogP contribution in [0.5, 0.6) is 0 Å². The molecule has 0 saturated carbocycles. The summed E-state index contributed by atoms with van der Waals surface area (Å²) in [4.78, 5) is 36.3. The van der Waals surface area contributed by atoms with Crippen LogP contribution in [0, 0.1) is 0 Å². The quantitative estimate of drug-likeness (QED) is 0.0527. The van der Waals surface area contributed by atoms with Crippen LogP contribution >= 0.6 is 0 Å². The maximum absolute atomic E-state index is 12.5. The Labute approximate surface area is 257 Å². The van der Waals surface area contributed by atoms with Crippen LogP contribution in [-0.4, -0.2) is 75.5 Å². The number of quaternary nitrogens is 1. The molecule has 0 fully saturated rings. The molecule has 8 nitrogen and oxygen atoms in total. The number of aliphatic carboxylic acids is 1. The van der Waals surface area contributed by atoms with Crippen molar-refractivity contribution in [2.45, 2.75) is 161 Å². The van der Waals surface area contributed by atoms with E-state index in [0.717, 1.165) is 38.5 Å². The number of carboxylic acids is 1. The molecule has 0 saturated heterocycles. The molecule has 248 valence electrons. The SMILES string of the molecule is CCCCCCCCCCCCCC(=O)OCC(COCCC(C(=O)[O-])[N+](C)(C)C)OC(=O)CCCCCCCCC. The summed E-state index contributed by atoms with van der Waals surface area (Å²) in [6.07, 6.45) is 21.4. The van der Waals surface area contributed by atoms with Crippen molar-refractivity contribution in [1.82, 2.24) is 0 Å². The van der Waals surface area contributed by atoms with Crippen LogP contribution in [0.4, 0.5) is 0 Å². The molecule has 0 aliphatic rings. The molecule has 0 aromatic carbocycles. The lowest BCUT2D eigenvalue weighted by atomic mass is 10.1. The predicted octanol–water partition coefficient (Wildman–Crippen LogP) is 6.51. The largest absolute Gasteiger partial charge is 0.544 e. The molecule has 0 heterocycles. The standard InChI is InChI=1S/C34H65NO7/c1-6-8-10-12-14-15-16-17-19-20-22-24-32(36)41-29-30(28-40-27-26-31(34(38)39)35(3,4)5)42-33(37)25-23-21-18-13-11-9-7-2/h30-31H,6-29H2,1-5H3. The van der Waals surface area contributed by atoms with E-state index < -0.39 is 18.1 Å². The minimum Gasteiger partial charge on any atom is -0.544 e. The second-order valence-corrected chi connectivity index (χ2v) is 12.8. The van der Waals surface area contributed by atoms with E-state index in [4.69, 9.17) is 14.2 Å². The van der Waals surface area contributed by atoms with Gasteiger partial charge in [0.25, 0.3) is 0 Å². The first kappa shape index (κ1) is 40.3. The predicted molar refractivity (Wildman–Crippen MR) is 167 cm³/mol. The molecular weight excluding hydrogens is 534 g/mol. The summed E-state index contributed by atoms with van der Waals surface area (Å²) >= 11 is 0. The molecule has 0 aromatic rings. The molecule has 2 atom stereocenters. The smallest absolute Gasteiger partial charge is 0.306 e. The van der Waals surface area contributed by atoms with Crippen LogP contribution in [-0.2, 0) is 28.6 Å². The second-order valence-electron chi connectivity index (χ2n) is 12.8. The molecule has 42 heavy (non-hydrogen) atoms. The highest BCUT2D eigenvalue weighted by Gasteiger charge is 2.25. The number of likely N-dealkylation sites (N-methyl/N-ethyl adjacent to an activating group) is 1. The lowest BCUT2D eigenvalue weighted by Gasteiger charge is -2.34. The lowest BCUT2D eigenvalue weighted by Crippen LogP contribution is -2.55. The van der Waals surface area contributed by atoms with E-state index in [0.29, 0.717) is 12.8 Å². The van der Waals surface area contributed by atoms with Crippen molar-refractivity contribution in [2.75, 3.05) is 41.0 Å². The fourth-order valence-corrected chi connectivity index (χ4v) is 5.01. The van der Waals surface area contributed by atoms with Gasteiger partial charge in [0.05, 0.1) is 40.3 Å². The number of unbranched alkanes of at least 4 members (excludes halogenated alkanes) is 16. The zero-order valence-corrected chi connectivity index (χ0v) is 27.9. The molecule has 0 N–H and O–H groups in total. The van der Waals surface area contributed by atoms with Crippen molar-refractivity contribution in [3.8, 4) is 0 Å². The van der Waals surface area contributed by atoms with Gasteiger partial charge >= 0.3 is 11.9 Å². The highest BCUT2D eigenvalue weighted by atomic mass is 16.6. The van der Waals surface area contributed by atoms with E-state index in [2.05, 4.69) is 13.8 Å². The van der Waals surface area contributed by atoms with Gasteiger partial charge in [0, 0.05) is 19.3 Å². The number of carbonyl (C=O) groups excluding carboxylic acids is 3. The second kappa shape index (κ2) is 26.9. The maximum Gasteiger partial charge on any atom is 0.306 e. The van der Waals surface area contributed by atoms with Gasteiger partial charge in [-0.1, -0.05) is 117 Å². The Bertz CT molecular complexity index is 677. The van der Waals surface area contributed by atoms with Crippen molar-refractivity contribution < 1.29 is 38.2 Å². The van der Waals surface area contributed by atoms with Gasteiger partial charge < -0.3 is 28.6 Å². The average molecular weight is 600 g/mol. The van der Waals surface area contributed by atoms with Crippen LogP contribution in [0.25, 0.3) is 0 Å². The Kier molecular flexibility index (Phi) is 25.8. The summed E-state index contributed by atoms with van der Waals surface area (Å²) in [5, 5.41) is 11.5. The maximum atomic E-state index is 12.5. The number of ether oxygens (including phenoxy) is 3. The Morgan fingerprint density at radius 2 is 1.05 bits per heavy atom. The van der Waals surface area contributed by atoms with Crippen molar-refractivity contribution >= 4 is 17.9 Å². The molecule has 8 heteroatoms. The molecule has 0 aromatic heterocycles. The van der Waals surface area contributed by atoms with Gasteiger partial charge in [0.1, 0.15) is 12.6 Å². The Hall–Kier alpha value is -1.67. The summed E-state index contributed by atoms with van der Waals surface area (Å²) in [6, 6.07) is -0.716. The van der Waals surface area contributed by atoms with Crippen molar-refractivity contribution in [2.24, 2.45) is 0 Å². The monoisotopic (exact) mass is 599 g/mol. The number of carbonyl (C=O) groups is 3. The van der Waals surface area contributed by atoms with E-state index in [1.54, 1.807) is 21.1 Å². The highest BCUT2D eigenvalue weighted by Crippen LogP contribution is 2.13. The first-order valence-electron chi connectivity index (χ1n) is 17.1. The molecule has 0 amide bonds. The minimum absolute atomic E-state index is 0.0470. The van der Waals surface area contributed by atoms with Gasteiger partial charge in [0.2, 0.25) is 0 Å². The van der Waals surface area contributed by atoms with E-state index in [1.807, 2.05) is 0 Å². The van der Waals surface area contributed by atoms with Crippen LogP contribution in [0.15, 0.2) is 0 Å². The molecule has 0 bridgehead atoms. The van der Waals surface area contributed by atoms with Crippen LogP contribution in [0.1, 0.15) is 149 Å². The van der Waals surface area contributed by atoms with E-state index >= 15 is 0 Å². The van der Waals surface area contributed by atoms with Crippen molar-refractivity contribution in [1.29, 1.82) is 0 Å². The van der Waals surface area contributed by atoms with Gasteiger partial charge in [-0.3, -0.25) is 9.59 Å². The Balaban J connectivity index is 4.42. The van der Waals surface area contributed by atoms with Gasteiger partial charge in [-0.05, 0) is 12.8 Å². The van der Waals surface area contributed by atoms with Gasteiger partial charge in [-0.2, -0.15) is 0 Å². The topological polar surface area (TPSA) is 102 Å². The van der Waals surface area contributed by atoms with Crippen LogP contribution in [0.3, 0.4) is 0 Å². The van der Waals surface area contributed by atoms with Crippen molar-refractivity contribution in [3.05, 3.63) is 0 Å². The average Bonchev–Trinajstić information content (AvgIpc) is 2.92. The van der Waals surface area contributed by atoms with Crippen molar-refractivity contribution in [3.63, 3.8) is 0 Å². The number of hydrogen-bond donors (Lipinski definition) is 0. The third-order valence-corrected chi connectivity index (χ3v) is 7.74. The molecule has 0 aliphatic carbocycles. The Morgan fingerprint density at radius 3 is 1.48 bits per heavy atom. The van der Waals surface area contributed by atoms with Gasteiger partial charge in [-0.25, -0.2) is 0 Å². The number of rotatable bonds is 30. The molecule has 2 unspecified atom stereocenters. The number of carboxylic acid groups (broad SMARTS) is 1. The van der Waals surface area contributed by atoms with E-state index in [-0.39, 0.29) is 42.7 Å². The van der Waals surface area contributed by atoms with E-state index in [9.17, 15) is 19.5 Å². The van der Waals surface area contributed by atoms with Crippen LogP contribution in [0.2, 0.25) is 0 Å². The van der Waals surface area contributed by atoms with Gasteiger partial charge in [-0.15, -0.1) is 0 Å². The molecule has 0 aliphatic heterocycles. The molecule has 0 rings (SSSR count). The fraction of sp³-hybridized carbons (Fsp3) is 0.912. The van der Waals surface area contributed by atoms with Crippen LogP contribution < -0.4 is 5.11 Å². The zero-order valence-electron chi connectivity index (χ0n) is 27.9. The summed E-state index contributed by atoms with van der Waals surface area (Å²) in [6.45, 7) is 4.59. The summed E-state index contributed by atoms with van der Waals surface area (Å²) in [7, 11) is 5.39. The Morgan fingerprint density at radius 1 is 0.619 bits per heavy atom. The third kappa shape index (κ3) is 24.9. The zero-order chi connectivity index (χ0) is 31.5. The molecule has 0 spiro atoms. The summed E-state index contributed by atoms with van der Waals surface area (Å²) in [5.41, 5.74) is 0. The number of esters is 2. The normalized spacial score (nSPS) is 13.1. The molecular formula is C34H65NO7. The molecule has 0 radical (unpaired) electrons. The first-order valence-corrected chi connectivity index (χ1v) is 17.1. The first-order chi connectivity index (χ1) is 20.1. The summed E-state index contributed by atoms with van der Waals surface area (Å²) < 4.78 is 17.0. The fourth-order valence-electron chi connectivity index (χ4n) is 5.01.